The smallest absolute Gasteiger partial charge is 0.339 e. The summed E-state index contributed by atoms with van der Waals surface area (Å²) in [6.07, 6.45) is -0.257. The molecule has 1 spiro atoms. The summed E-state index contributed by atoms with van der Waals surface area (Å²) >= 11 is 0. The fourth-order valence-electron chi connectivity index (χ4n) is 3.87. The van der Waals surface area contributed by atoms with E-state index in [-0.39, 0.29) is 12.2 Å². The summed E-state index contributed by atoms with van der Waals surface area (Å²) in [5, 5.41) is 0. The van der Waals surface area contributed by atoms with E-state index in [9.17, 15) is 14.4 Å². The van der Waals surface area contributed by atoms with E-state index in [0.717, 1.165) is 4.90 Å². The van der Waals surface area contributed by atoms with Gasteiger partial charge in [-0.1, -0.05) is 48.5 Å². The maximum Gasteiger partial charge on any atom is 0.339 e. The lowest BCUT2D eigenvalue weighted by Crippen LogP contribution is -2.58. The van der Waals surface area contributed by atoms with Crippen LogP contribution in [0, 0.1) is 0 Å². The molecule has 3 aromatic carbocycles. The van der Waals surface area contributed by atoms with Gasteiger partial charge in [-0.3, -0.25) is 9.59 Å². The zero-order valence-electron chi connectivity index (χ0n) is 15.3. The Morgan fingerprint density at radius 3 is 2.00 bits per heavy atom. The first-order valence-corrected chi connectivity index (χ1v) is 9.22. The molecule has 6 nitrogen and oxygen atoms in total. The molecule has 29 heavy (non-hydrogen) atoms. The van der Waals surface area contributed by atoms with Crippen molar-refractivity contribution < 1.29 is 19.1 Å². The van der Waals surface area contributed by atoms with Crippen LogP contribution in [-0.4, -0.2) is 23.4 Å². The van der Waals surface area contributed by atoms with Crippen LogP contribution >= 0.6 is 0 Å². The quantitative estimate of drug-likeness (QED) is 0.626. The molecule has 1 fully saturated rings. The molecule has 3 amide bonds. The highest BCUT2D eigenvalue weighted by Crippen LogP contribution is 2.44. The third-order valence-corrected chi connectivity index (χ3v) is 5.18. The highest BCUT2D eigenvalue weighted by atomic mass is 16.5. The van der Waals surface area contributed by atoms with Gasteiger partial charge >= 0.3 is 11.9 Å². The van der Waals surface area contributed by atoms with Crippen LogP contribution in [0.3, 0.4) is 0 Å². The number of urea groups is 1. The summed E-state index contributed by atoms with van der Waals surface area (Å²) in [6.45, 7) is 0. The number of benzene rings is 3. The number of carbonyl (C=O) groups is 3. The van der Waals surface area contributed by atoms with E-state index in [1.165, 1.54) is 4.90 Å². The minimum atomic E-state index is -1.76. The minimum absolute atomic E-state index is 0.246. The molecule has 0 N–H and O–H groups in total. The Kier molecular flexibility index (Phi) is 3.74. The van der Waals surface area contributed by atoms with Gasteiger partial charge in [0.15, 0.2) is 5.78 Å². The number of ether oxygens (including phenoxy) is 1. The van der Waals surface area contributed by atoms with Crippen molar-refractivity contribution in [3.8, 4) is 5.75 Å². The lowest BCUT2D eigenvalue weighted by Gasteiger charge is -2.38. The van der Waals surface area contributed by atoms with Crippen LogP contribution in [0.4, 0.5) is 16.2 Å². The lowest BCUT2D eigenvalue weighted by molar-refractivity contribution is -0.130. The molecule has 142 valence electrons. The molecule has 2 aliphatic rings. The first-order chi connectivity index (χ1) is 14.1. The average Bonchev–Trinajstić information content (AvgIpc) is 2.95. The van der Waals surface area contributed by atoms with Gasteiger partial charge in [-0.2, -0.15) is 0 Å². The molecule has 0 radical (unpaired) electrons. The van der Waals surface area contributed by atoms with Gasteiger partial charge < -0.3 is 4.74 Å². The number of nitrogens with zero attached hydrogens (tertiary/aromatic N) is 2. The molecule has 6 heteroatoms. The maximum atomic E-state index is 13.6. The highest BCUT2D eigenvalue weighted by Gasteiger charge is 2.63. The molecule has 3 aromatic rings. The van der Waals surface area contributed by atoms with Crippen LogP contribution in [0.2, 0.25) is 0 Å². The summed E-state index contributed by atoms with van der Waals surface area (Å²) < 4.78 is 6.15. The van der Waals surface area contributed by atoms with Gasteiger partial charge in [0.25, 0.3) is 5.72 Å². The number of fused-ring (bicyclic) bond motifs is 1. The van der Waals surface area contributed by atoms with Crippen LogP contribution in [0.1, 0.15) is 16.8 Å². The molecular weight excluding hydrogens is 368 g/mol. The second kappa shape index (κ2) is 6.31. The van der Waals surface area contributed by atoms with E-state index in [0.29, 0.717) is 22.7 Å². The topological polar surface area (TPSA) is 66.9 Å². The van der Waals surface area contributed by atoms with E-state index in [1.807, 2.05) is 6.07 Å². The Bertz CT molecular complexity index is 1130. The standard InChI is InChI=1S/C23H16N2O4/c26-19-15-23(29-20-14-8-7-13-18(19)20)21(27)24(16-9-3-1-4-10-16)22(28)25(23)17-11-5-2-6-12-17/h1-14H,15H2. The van der Waals surface area contributed by atoms with Crippen molar-refractivity contribution in [1.82, 2.24) is 0 Å². The Hall–Kier alpha value is -3.93. The van der Waals surface area contributed by atoms with Crippen molar-refractivity contribution in [3.63, 3.8) is 0 Å². The average molecular weight is 384 g/mol. The number of amides is 3. The number of Topliss-reactive ketones (excluding diaryl/α,β-unsaturated/α-hetero) is 1. The number of hydrogen-bond donors (Lipinski definition) is 0. The number of para-hydroxylation sites is 3. The second-order valence-corrected chi connectivity index (χ2v) is 6.91. The number of hydrogen-bond acceptors (Lipinski definition) is 4. The van der Waals surface area contributed by atoms with Crippen LogP contribution in [0.25, 0.3) is 0 Å². The predicted molar refractivity (Wildman–Crippen MR) is 107 cm³/mol. The first-order valence-electron chi connectivity index (χ1n) is 9.22. The van der Waals surface area contributed by atoms with Crippen LogP contribution in [-0.2, 0) is 4.79 Å². The van der Waals surface area contributed by atoms with Crippen molar-refractivity contribution in [3.05, 3.63) is 90.5 Å². The number of ketones is 1. The van der Waals surface area contributed by atoms with Crippen molar-refractivity contribution in [2.24, 2.45) is 0 Å². The molecule has 1 saturated heterocycles. The van der Waals surface area contributed by atoms with Gasteiger partial charge in [0.2, 0.25) is 0 Å². The molecule has 0 aromatic heterocycles. The lowest BCUT2D eigenvalue weighted by atomic mass is 9.94. The summed E-state index contributed by atoms with van der Waals surface area (Å²) in [4.78, 5) is 42.4. The normalized spacial score (nSPS) is 20.8. The van der Waals surface area contributed by atoms with Gasteiger partial charge in [-0.25, -0.2) is 14.6 Å². The zero-order chi connectivity index (χ0) is 20.0. The maximum absolute atomic E-state index is 13.6. The van der Waals surface area contributed by atoms with E-state index in [4.69, 9.17) is 4.74 Å². The van der Waals surface area contributed by atoms with Crippen molar-refractivity contribution in [1.29, 1.82) is 0 Å². The molecule has 2 aliphatic heterocycles. The summed E-state index contributed by atoms with van der Waals surface area (Å²) in [5.41, 5.74) is -0.448. The third kappa shape index (κ3) is 2.46. The van der Waals surface area contributed by atoms with Gasteiger partial charge in [-0.15, -0.1) is 0 Å². The van der Waals surface area contributed by atoms with Crippen molar-refractivity contribution in [2.75, 3.05) is 9.80 Å². The van der Waals surface area contributed by atoms with E-state index >= 15 is 0 Å². The van der Waals surface area contributed by atoms with Crippen molar-refractivity contribution >= 4 is 29.1 Å². The molecule has 0 bridgehead atoms. The van der Waals surface area contributed by atoms with Crippen LogP contribution < -0.4 is 14.5 Å². The van der Waals surface area contributed by atoms with Crippen LogP contribution in [0.5, 0.6) is 5.75 Å². The fraction of sp³-hybridized carbons (Fsp3) is 0.0870. The molecule has 0 aliphatic carbocycles. The Labute approximate surface area is 166 Å². The Balaban J connectivity index is 1.71. The minimum Gasteiger partial charge on any atom is -0.457 e. The SMILES string of the molecule is O=C1CC2(Oc3ccccc31)C(=O)N(c1ccccc1)C(=O)N2c1ccccc1. The van der Waals surface area contributed by atoms with E-state index in [1.54, 1.807) is 78.9 Å². The Morgan fingerprint density at radius 1 is 0.724 bits per heavy atom. The monoisotopic (exact) mass is 384 g/mol. The summed E-state index contributed by atoms with van der Waals surface area (Å²) in [5.74, 6) is -0.537. The molecule has 1 unspecified atom stereocenters. The number of carbonyl (C=O) groups excluding carboxylic acids is 3. The van der Waals surface area contributed by atoms with E-state index in [2.05, 4.69) is 0 Å². The molecule has 0 saturated carbocycles. The zero-order valence-corrected chi connectivity index (χ0v) is 15.3. The number of anilines is 2. The molecular formula is C23H16N2O4. The van der Waals surface area contributed by atoms with Crippen molar-refractivity contribution in [2.45, 2.75) is 12.1 Å². The summed E-state index contributed by atoms with van der Waals surface area (Å²) in [7, 11) is 0. The Morgan fingerprint density at radius 2 is 1.31 bits per heavy atom. The highest BCUT2D eigenvalue weighted by molar-refractivity contribution is 6.31. The van der Waals surface area contributed by atoms with E-state index < -0.39 is 17.7 Å². The van der Waals surface area contributed by atoms with Gasteiger partial charge in [0, 0.05) is 5.69 Å². The van der Waals surface area contributed by atoms with Gasteiger partial charge in [-0.05, 0) is 36.4 Å². The molecule has 1 atom stereocenters. The predicted octanol–water partition coefficient (Wildman–Crippen LogP) is 4.02. The summed E-state index contributed by atoms with van der Waals surface area (Å²) in [6, 6.07) is 23.7. The largest absolute Gasteiger partial charge is 0.457 e. The van der Waals surface area contributed by atoms with Crippen LogP contribution in [0.15, 0.2) is 84.9 Å². The second-order valence-electron chi connectivity index (χ2n) is 6.91. The molecule has 2 heterocycles. The number of rotatable bonds is 2. The third-order valence-electron chi connectivity index (χ3n) is 5.18. The fourth-order valence-corrected chi connectivity index (χ4v) is 3.87. The van der Waals surface area contributed by atoms with Gasteiger partial charge in [0.1, 0.15) is 5.75 Å². The van der Waals surface area contributed by atoms with Gasteiger partial charge in [0.05, 0.1) is 17.7 Å². The number of imide groups is 1. The first kappa shape index (κ1) is 17.2. The molecule has 5 rings (SSSR count).